The Morgan fingerprint density at radius 3 is 2.45 bits per heavy atom. The van der Waals surface area contributed by atoms with Crippen LogP contribution in [0.1, 0.15) is 30.2 Å². The van der Waals surface area contributed by atoms with Crippen molar-refractivity contribution in [3.63, 3.8) is 0 Å². The van der Waals surface area contributed by atoms with Crippen LogP contribution in [0.15, 0.2) is 63.6 Å². The first-order valence-corrected chi connectivity index (χ1v) is 10.7. The first kappa shape index (κ1) is 24.1. The number of ether oxygens (including phenoxy) is 1. The first-order chi connectivity index (χ1) is 15.7. The van der Waals surface area contributed by atoms with Gasteiger partial charge in [-0.15, -0.1) is 0 Å². The highest BCUT2D eigenvalue weighted by molar-refractivity contribution is 6.30. The summed E-state index contributed by atoms with van der Waals surface area (Å²) in [5, 5.41) is 3.21. The Labute approximate surface area is 196 Å². The summed E-state index contributed by atoms with van der Waals surface area (Å²) < 4.78 is 16.0. The number of hydrogen-bond acceptors (Lipinski definition) is 6. The van der Waals surface area contributed by atoms with E-state index < -0.39 is 30.4 Å². The van der Waals surface area contributed by atoms with Gasteiger partial charge in [-0.2, -0.15) is 0 Å². The third-order valence-corrected chi connectivity index (χ3v) is 5.15. The van der Waals surface area contributed by atoms with E-state index in [0.29, 0.717) is 16.5 Å². The van der Waals surface area contributed by atoms with E-state index in [1.54, 1.807) is 45.2 Å². The van der Waals surface area contributed by atoms with Gasteiger partial charge in [-0.1, -0.05) is 25.4 Å². The quantitative estimate of drug-likeness (QED) is 0.469. The molecular formula is C24H25ClN2O6. The van der Waals surface area contributed by atoms with E-state index >= 15 is 0 Å². The molecule has 0 saturated carbocycles. The highest BCUT2D eigenvalue weighted by atomic mass is 35.5. The normalized spacial score (nSPS) is 11.8. The van der Waals surface area contributed by atoms with Crippen LogP contribution in [-0.4, -0.2) is 42.4 Å². The second kappa shape index (κ2) is 10.9. The fraction of sp³-hybridized carbons (Fsp3) is 0.292. The maximum Gasteiger partial charge on any atom is 0.329 e. The summed E-state index contributed by atoms with van der Waals surface area (Å²) in [6.07, 6.45) is 1.36. The summed E-state index contributed by atoms with van der Waals surface area (Å²) in [5.41, 5.74) is 0.866. The SMILES string of the molecule is CC(C)[C@H](NC(=O)c1ccco1)C(=O)OCC(=O)N(C)Cc1ccc(-c2ccc(Cl)cc2)o1. The van der Waals surface area contributed by atoms with Crippen molar-refractivity contribution in [2.24, 2.45) is 5.92 Å². The van der Waals surface area contributed by atoms with Gasteiger partial charge in [-0.05, 0) is 54.4 Å². The lowest BCUT2D eigenvalue weighted by Crippen LogP contribution is -2.46. The second-order valence-electron chi connectivity index (χ2n) is 7.80. The van der Waals surface area contributed by atoms with Gasteiger partial charge < -0.3 is 23.8 Å². The molecular weight excluding hydrogens is 448 g/mol. The minimum Gasteiger partial charge on any atom is -0.459 e. The second-order valence-corrected chi connectivity index (χ2v) is 8.24. The number of carbonyl (C=O) groups excluding carboxylic acids is 3. The van der Waals surface area contributed by atoms with Gasteiger partial charge in [-0.3, -0.25) is 9.59 Å². The van der Waals surface area contributed by atoms with E-state index in [2.05, 4.69) is 5.32 Å². The Bertz CT molecular complexity index is 1090. The lowest BCUT2D eigenvalue weighted by molar-refractivity contribution is -0.154. The lowest BCUT2D eigenvalue weighted by atomic mass is 10.0. The Hall–Kier alpha value is -3.52. The summed E-state index contributed by atoms with van der Waals surface area (Å²) >= 11 is 5.91. The maximum atomic E-state index is 12.5. The Balaban J connectivity index is 1.52. The number of nitrogens with one attached hydrogen (secondary N) is 1. The van der Waals surface area contributed by atoms with Crippen LogP contribution in [0, 0.1) is 5.92 Å². The molecule has 8 nitrogen and oxygen atoms in total. The lowest BCUT2D eigenvalue weighted by Gasteiger charge is -2.21. The zero-order valence-electron chi connectivity index (χ0n) is 18.5. The van der Waals surface area contributed by atoms with Crippen molar-refractivity contribution in [2.75, 3.05) is 13.7 Å². The van der Waals surface area contributed by atoms with Crippen molar-refractivity contribution in [3.05, 3.63) is 71.3 Å². The number of halogens is 1. The van der Waals surface area contributed by atoms with Crippen LogP contribution in [0.25, 0.3) is 11.3 Å². The molecule has 0 bridgehead atoms. The third kappa shape index (κ3) is 6.49. The molecule has 2 aromatic heterocycles. The van der Waals surface area contributed by atoms with Crippen molar-refractivity contribution in [2.45, 2.75) is 26.4 Å². The van der Waals surface area contributed by atoms with Gasteiger partial charge in [0.25, 0.3) is 11.8 Å². The van der Waals surface area contributed by atoms with Gasteiger partial charge in [0.05, 0.1) is 12.8 Å². The van der Waals surface area contributed by atoms with Crippen LogP contribution in [0.5, 0.6) is 0 Å². The molecule has 1 aromatic carbocycles. The number of esters is 1. The van der Waals surface area contributed by atoms with Crippen LogP contribution < -0.4 is 5.32 Å². The molecule has 2 heterocycles. The van der Waals surface area contributed by atoms with Crippen molar-refractivity contribution >= 4 is 29.4 Å². The number of nitrogens with zero attached hydrogens (tertiary/aromatic N) is 1. The highest BCUT2D eigenvalue weighted by Gasteiger charge is 2.28. The average Bonchev–Trinajstić information content (AvgIpc) is 3.48. The Kier molecular flexibility index (Phi) is 7.95. The van der Waals surface area contributed by atoms with Gasteiger partial charge in [0, 0.05) is 17.6 Å². The third-order valence-electron chi connectivity index (χ3n) is 4.90. The minimum absolute atomic E-state index is 0.0840. The number of rotatable bonds is 9. The van der Waals surface area contributed by atoms with Crippen molar-refractivity contribution in [3.8, 4) is 11.3 Å². The Morgan fingerprint density at radius 1 is 1.09 bits per heavy atom. The molecule has 3 rings (SSSR count). The molecule has 0 spiro atoms. The number of carbonyl (C=O) groups is 3. The summed E-state index contributed by atoms with van der Waals surface area (Å²) in [4.78, 5) is 38.5. The molecule has 2 amide bonds. The smallest absolute Gasteiger partial charge is 0.329 e. The number of amides is 2. The summed E-state index contributed by atoms with van der Waals surface area (Å²) in [5.74, 6) is -0.580. The van der Waals surface area contributed by atoms with Crippen molar-refractivity contribution < 1.29 is 28.0 Å². The van der Waals surface area contributed by atoms with Gasteiger partial charge in [0.15, 0.2) is 12.4 Å². The molecule has 0 unspecified atom stereocenters. The summed E-state index contributed by atoms with van der Waals surface area (Å²) in [7, 11) is 1.58. The largest absolute Gasteiger partial charge is 0.459 e. The van der Waals surface area contributed by atoms with Crippen LogP contribution >= 0.6 is 11.6 Å². The molecule has 3 aromatic rings. The Morgan fingerprint density at radius 2 is 1.82 bits per heavy atom. The van der Waals surface area contributed by atoms with Crippen LogP contribution in [0.3, 0.4) is 0 Å². The fourth-order valence-electron chi connectivity index (χ4n) is 3.00. The van der Waals surface area contributed by atoms with Crippen LogP contribution in [-0.2, 0) is 20.9 Å². The molecule has 0 aliphatic rings. The minimum atomic E-state index is -0.923. The molecule has 0 radical (unpaired) electrons. The maximum absolute atomic E-state index is 12.5. The number of furan rings is 2. The summed E-state index contributed by atoms with van der Waals surface area (Å²) in [6.45, 7) is 3.27. The van der Waals surface area contributed by atoms with E-state index in [1.165, 1.54) is 17.2 Å². The van der Waals surface area contributed by atoms with E-state index in [9.17, 15) is 14.4 Å². The number of likely N-dealkylation sites (N-methyl/N-ethyl adjacent to an activating group) is 1. The zero-order chi connectivity index (χ0) is 24.0. The first-order valence-electron chi connectivity index (χ1n) is 10.3. The molecule has 1 N–H and O–H groups in total. The zero-order valence-corrected chi connectivity index (χ0v) is 19.3. The number of benzene rings is 1. The molecule has 9 heteroatoms. The monoisotopic (exact) mass is 472 g/mol. The van der Waals surface area contributed by atoms with E-state index in [0.717, 1.165) is 5.56 Å². The number of hydrogen-bond donors (Lipinski definition) is 1. The fourth-order valence-corrected chi connectivity index (χ4v) is 3.13. The molecule has 174 valence electrons. The van der Waals surface area contributed by atoms with E-state index in [-0.39, 0.29) is 18.2 Å². The van der Waals surface area contributed by atoms with Gasteiger partial charge in [-0.25, -0.2) is 4.79 Å². The van der Waals surface area contributed by atoms with Crippen LogP contribution in [0.2, 0.25) is 5.02 Å². The molecule has 33 heavy (non-hydrogen) atoms. The van der Waals surface area contributed by atoms with Crippen molar-refractivity contribution in [1.29, 1.82) is 0 Å². The van der Waals surface area contributed by atoms with E-state index in [4.69, 9.17) is 25.2 Å². The standard InChI is InChI=1S/C24H25ClN2O6/c1-15(2)22(26-23(29)20-5-4-12-31-20)24(30)32-14-21(28)27(3)13-18-10-11-19(33-18)16-6-8-17(25)9-7-16/h4-12,15,22H,13-14H2,1-3H3,(H,26,29)/t22-/m0/s1. The molecule has 0 aliphatic carbocycles. The van der Waals surface area contributed by atoms with Gasteiger partial charge in [0.1, 0.15) is 17.6 Å². The molecule has 1 atom stereocenters. The van der Waals surface area contributed by atoms with Gasteiger partial charge in [0.2, 0.25) is 0 Å². The molecule has 0 saturated heterocycles. The van der Waals surface area contributed by atoms with E-state index in [1.807, 2.05) is 18.2 Å². The van der Waals surface area contributed by atoms with Crippen LogP contribution in [0.4, 0.5) is 0 Å². The summed E-state index contributed by atoms with van der Waals surface area (Å²) in [6, 6.07) is 12.9. The predicted molar refractivity (Wildman–Crippen MR) is 121 cm³/mol. The predicted octanol–water partition coefficient (Wildman–Crippen LogP) is 4.15. The molecule has 0 aliphatic heterocycles. The van der Waals surface area contributed by atoms with Gasteiger partial charge >= 0.3 is 5.97 Å². The molecule has 0 fully saturated rings. The highest BCUT2D eigenvalue weighted by Crippen LogP contribution is 2.24. The van der Waals surface area contributed by atoms with Crippen molar-refractivity contribution in [1.82, 2.24) is 10.2 Å². The topological polar surface area (TPSA) is 102 Å². The average molecular weight is 473 g/mol.